The molecular formula is C20H25NO4S. The molecule has 0 spiro atoms. The van der Waals surface area contributed by atoms with Gasteiger partial charge in [0, 0.05) is 36.2 Å². The van der Waals surface area contributed by atoms with Gasteiger partial charge in [-0.1, -0.05) is 29.8 Å². The normalized spacial score (nSPS) is 10.3. The van der Waals surface area contributed by atoms with Gasteiger partial charge in [-0.15, -0.1) is 0 Å². The van der Waals surface area contributed by atoms with Gasteiger partial charge in [0.15, 0.2) is 6.61 Å². The highest BCUT2D eigenvalue weighted by Gasteiger charge is 2.06. The molecule has 26 heavy (non-hydrogen) atoms. The zero-order chi connectivity index (χ0) is 18.8. The van der Waals surface area contributed by atoms with Crippen molar-refractivity contribution in [1.82, 2.24) is 5.32 Å². The van der Waals surface area contributed by atoms with Gasteiger partial charge < -0.3 is 19.5 Å². The van der Waals surface area contributed by atoms with Crippen molar-refractivity contribution in [2.45, 2.75) is 12.7 Å². The summed E-state index contributed by atoms with van der Waals surface area (Å²) in [6.07, 6.45) is 0. The number of carbonyl (C=O) groups is 1. The van der Waals surface area contributed by atoms with Crippen molar-refractivity contribution in [3.8, 4) is 17.2 Å². The summed E-state index contributed by atoms with van der Waals surface area (Å²) in [4.78, 5) is 11.9. The fourth-order valence-corrected chi connectivity index (χ4v) is 3.02. The summed E-state index contributed by atoms with van der Waals surface area (Å²) < 4.78 is 15.9. The van der Waals surface area contributed by atoms with Crippen LogP contribution in [0.2, 0.25) is 0 Å². The first kappa shape index (κ1) is 20.0. The monoisotopic (exact) mass is 375 g/mol. The van der Waals surface area contributed by atoms with Crippen molar-refractivity contribution in [3.05, 3.63) is 53.6 Å². The highest BCUT2D eigenvalue weighted by atomic mass is 32.2. The number of rotatable bonds is 10. The minimum Gasteiger partial charge on any atom is -0.496 e. The smallest absolute Gasteiger partial charge is 0.257 e. The van der Waals surface area contributed by atoms with Crippen LogP contribution in [0, 0.1) is 6.92 Å². The fraction of sp³-hybridized carbons (Fsp3) is 0.350. The molecule has 0 saturated carbocycles. The number of ether oxygens (including phenoxy) is 3. The van der Waals surface area contributed by atoms with Crippen LogP contribution in [0.15, 0.2) is 42.5 Å². The van der Waals surface area contributed by atoms with E-state index >= 15 is 0 Å². The molecule has 1 N–H and O–H groups in total. The second kappa shape index (κ2) is 10.6. The summed E-state index contributed by atoms with van der Waals surface area (Å²) in [5, 5.41) is 2.86. The van der Waals surface area contributed by atoms with E-state index in [-0.39, 0.29) is 12.5 Å². The van der Waals surface area contributed by atoms with Crippen molar-refractivity contribution >= 4 is 17.7 Å². The van der Waals surface area contributed by atoms with Gasteiger partial charge in [-0.05, 0) is 12.5 Å². The minimum absolute atomic E-state index is 0.0427. The first-order valence-corrected chi connectivity index (χ1v) is 9.52. The standard InChI is InChI=1S/C20H25NO4S/c1-15-4-6-16(7-5-15)14-26-9-8-21-20(22)13-25-19-11-17(23-2)10-18(12-19)24-3/h4-7,10-12H,8-9,13-14H2,1-3H3,(H,21,22). The quantitative estimate of drug-likeness (QED) is 0.645. The molecule has 0 unspecified atom stereocenters. The molecule has 0 bridgehead atoms. The maximum atomic E-state index is 11.9. The minimum atomic E-state index is -0.150. The number of benzene rings is 2. The zero-order valence-electron chi connectivity index (χ0n) is 15.4. The Balaban J connectivity index is 1.65. The second-order valence-corrected chi connectivity index (χ2v) is 6.83. The number of hydrogen-bond acceptors (Lipinski definition) is 5. The topological polar surface area (TPSA) is 56.8 Å². The lowest BCUT2D eigenvalue weighted by Gasteiger charge is -2.10. The molecule has 6 heteroatoms. The molecule has 2 rings (SSSR count). The van der Waals surface area contributed by atoms with E-state index in [0.717, 1.165) is 11.5 Å². The number of nitrogens with one attached hydrogen (secondary N) is 1. The summed E-state index contributed by atoms with van der Waals surface area (Å²) in [6.45, 7) is 2.65. The Labute approximate surface area is 159 Å². The molecule has 0 fully saturated rings. The fourth-order valence-electron chi connectivity index (χ4n) is 2.20. The Hall–Kier alpha value is -2.34. The van der Waals surface area contributed by atoms with Crippen molar-refractivity contribution in [3.63, 3.8) is 0 Å². The largest absolute Gasteiger partial charge is 0.496 e. The summed E-state index contributed by atoms with van der Waals surface area (Å²) >= 11 is 1.79. The lowest BCUT2D eigenvalue weighted by Crippen LogP contribution is -2.30. The lowest BCUT2D eigenvalue weighted by atomic mass is 10.2. The van der Waals surface area contributed by atoms with Gasteiger partial charge >= 0.3 is 0 Å². The molecule has 0 aliphatic rings. The molecule has 0 aliphatic carbocycles. The molecular weight excluding hydrogens is 350 g/mol. The highest BCUT2D eigenvalue weighted by molar-refractivity contribution is 7.98. The Morgan fingerprint density at radius 2 is 1.62 bits per heavy atom. The average molecular weight is 375 g/mol. The third-order valence-electron chi connectivity index (χ3n) is 3.65. The molecule has 0 atom stereocenters. The SMILES string of the molecule is COc1cc(OC)cc(OCC(=O)NCCSCc2ccc(C)cc2)c1. The van der Waals surface area contributed by atoms with E-state index in [1.54, 1.807) is 44.2 Å². The summed E-state index contributed by atoms with van der Waals surface area (Å²) in [7, 11) is 3.14. The molecule has 0 saturated heterocycles. The van der Waals surface area contributed by atoms with E-state index in [9.17, 15) is 4.79 Å². The lowest BCUT2D eigenvalue weighted by molar-refractivity contribution is -0.122. The van der Waals surface area contributed by atoms with Crippen molar-refractivity contribution in [2.24, 2.45) is 0 Å². The Morgan fingerprint density at radius 1 is 1.00 bits per heavy atom. The second-order valence-electron chi connectivity index (χ2n) is 5.73. The number of aryl methyl sites for hydroxylation is 1. The highest BCUT2D eigenvalue weighted by Crippen LogP contribution is 2.27. The predicted octanol–water partition coefficient (Wildman–Crippen LogP) is 3.44. The van der Waals surface area contributed by atoms with Crippen LogP contribution in [0.3, 0.4) is 0 Å². The molecule has 2 aromatic rings. The third kappa shape index (κ3) is 6.88. The van der Waals surface area contributed by atoms with Crippen LogP contribution in [-0.2, 0) is 10.5 Å². The predicted molar refractivity (Wildman–Crippen MR) is 105 cm³/mol. The van der Waals surface area contributed by atoms with E-state index in [4.69, 9.17) is 14.2 Å². The van der Waals surface area contributed by atoms with E-state index in [1.165, 1.54) is 11.1 Å². The third-order valence-corrected chi connectivity index (χ3v) is 4.68. The van der Waals surface area contributed by atoms with Crippen LogP contribution in [-0.4, -0.2) is 39.0 Å². The van der Waals surface area contributed by atoms with E-state index in [1.807, 2.05) is 0 Å². The Morgan fingerprint density at radius 3 is 2.23 bits per heavy atom. The van der Waals surface area contributed by atoms with Gasteiger partial charge in [-0.2, -0.15) is 11.8 Å². The summed E-state index contributed by atoms with van der Waals surface area (Å²) in [6, 6.07) is 13.7. The molecule has 0 radical (unpaired) electrons. The van der Waals surface area contributed by atoms with Crippen LogP contribution >= 0.6 is 11.8 Å². The zero-order valence-corrected chi connectivity index (χ0v) is 16.2. The molecule has 1 amide bonds. The van der Waals surface area contributed by atoms with Crippen molar-refractivity contribution in [2.75, 3.05) is 33.1 Å². The van der Waals surface area contributed by atoms with Gasteiger partial charge in [0.2, 0.25) is 0 Å². The molecule has 2 aromatic carbocycles. The van der Waals surface area contributed by atoms with Gasteiger partial charge in [-0.25, -0.2) is 0 Å². The molecule has 0 heterocycles. The maximum Gasteiger partial charge on any atom is 0.257 e. The van der Waals surface area contributed by atoms with Gasteiger partial charge in [-0.3, -0.25) is 4.79 Å². The number of methoxy groups -OCH3 is 2. The van der Waals surface area contributed by atoms with Crippen molar-refractivity contribution < 1.29 is 19.0 Å². The molecule has 5 nitrogen and oxygen atoms in total. The number of carbonyl (C=O) groups excluding carboxylic acids is 1. The van der Waals surface area contributed by atoms with Crippen LogP contribution in [0.5, 0.6) is 17.2 Å². The van der Waals surface area contributed by atoms with Crippen LogP contribution in [0.25, 0.3) is 0 Å². The average Bonchev–Trinajstić information content (AvgIpc) is 2.67. The Kier molecular flexibility index (Phi) is 8.15. The van der Waals surface area contributed by atoms with Crippen molar-refractivity contribution in [1.29, 1.82) is 0 Å². The Bertz CT molecular complexity index is 681. The summed E-state index contributed by atoms with van der Waals surface area (Å²) in [5.41, 5.74) is 2.56. The van der Waals surface area contributed by atoms with Gasteiger partial charge in [0.05, 0.1) is 14.2 Å². The van der Waals surface area contributed by atoms with Gasteiger partial charge in [0.1, 0.15) is 17.2 Å². The van der Waals surface area contributed by atoms with Crippen LogP contribution < -0.4 is 19.5 Å². The van der Waals surface area contributed by atoms with E-state index in [0.29, 0.717) is 23.8 Å². The number of hydrogen-bond donors (Lipinski definition) is 1. The molecule has 0 aliphatic heterocycles. The van der Waals surface area contributed by atoms with Crippen LogP contribution in [0.4, 0.5) is 0 Å². The molecule has 140 valence electrons. The maximum absolute atomic E-state index is 11.9. The van der Waals surface area contributed by atoms with Crippen LogP contribution in [0.1, 0.15) is 11.1 Å². The van der Waals surface area contributed by atoms with E-state index < -0.39 is 0 Å². The number of amides is 1. The van der Waals surface area contributed by atoms with Gasteiger partial charge in [0.25, 0.3) is 5.91 Å². The summed E-state index contributed by atoms with van der Waals surface area (Å²) in [5.74, 6) is 3.41. The molecule has 0 aromatic heterocycles. The first-order valence-electron chi connectivity index (χ1n) is 8.36. The first-order chi connectivity index (χ1) is 12.6. The number of thioether (sulfide) groups is 1. The van der Waals surface area contributed by atoms with E-state index in [2.05, 4.69) is 36.5 Å².